The van der Waals surface area contributed by atoms with Crippen molar-refractivity contribution in [3.05, 3.63) is 59.7 Å². The highest BCUT2D eigenvalue weighted by atomic mass is 16.5. The smallest absolute Gasteiger partial charge is 0.407 e. The minimum absolute atomic E-state index is 0.0219. The molecule has 1 heterocycles. The number of hydrogen-bond acceptors (Lipinski definition) is 4. The van der Waals surface area contributed by atoms with Gasteiger partial charge in [-0.25, -0.2) is 4.79 Å². The van der Waals surface area contributed by atoms with E-state index >= 15 is 0 Å². The van der Waals surface area contributed by atoms with E-state index in [1.54, 1.807) is 11.8 Å². The normalized spacial score (nSPS) is 18.4. The first kappa shape index (κ1) is 21.9. The van der Waals surface area contributed by atoms with Gasteiger partial charge in [0.15, 0.2) is 0 Å². The lowest BCUT2D eigenvalue weighted by Gasteiger charge is -2.31. The van der Waals surface area contributed by atoms with Crippen LogP contribution in [0.5, 0.6) is 0 Å². The number of aliphatic carboxylic acids is 1. The van der Waals surface area contributed by atoms with Crippen molar-refractivity contribution in [3.8, 4) is 11.1 Å². The molecule has 2 N–H and O–H groups in total. The van der Waals surface area contributed by atoms with Crippen LogP contribution in [-0.4, -0.2) is 53.7 Å². The number of carbonyl (C=O) groups is 3. The SMILES string of the molecule is C[C@H](CC(=O)N1CCC[C@@H](C(=O)O)C1)NC(=O)OCC1c2ccccc2-c2ccccc21. The number of hydrogen-bond donors (Lipinski definition) is 2. The topological polar surface area (TPSA) is 95.9 Å². The quantitative estimate of drug-likeness (QED) is 0.721. The number of ether oxygens (including phenoxy) is 1. The van der Waals surface area contributed by atoms with Crippen LogP contribution in [0.25, 0.3) is 11.1 Å². The highest BCUT2D eigenvalue weighted by Crippen LogP contribution is 2.44. The highest BCUT2D eigenvalue weighted by Gasteiger charge is 2.30. The third-order valence-corrected chi connectivity index (χ3v) is 6.31. The first-order valence-electron chi connectivity index (χ1n) is 11.1. The van der Waals surface area contributed by atoms with Gasteiger partial charge in [0.2, 0.25) is 5.91 Å². The molecule has 0 aromatic heterocycles. The minimum atomic E-state index is -0.868. The molecule has 0 unspecified atom stereocenters. The second-order valence-electron chi connectivity index (χ2n) is 8.59. The summed E-state index contributed by atoms with van der Waals surface area (Å²) in [7, 11) is 0. The van der Waals surface area contributed by atoms with Crippen LogP contribution < -0.4 is 5.32 Å². The number of piperidine rings is 1. The number of amides is 2. The number of benzene rings is 2. The molecule has 2 amide bonds. The van der Waals surface area contributed by atoms with Crippen LogP contribution in [0, 0.1) is 5.92 Å². The van der Waals surface area contributed by atoms with Crippen molar-refractivity contribution < 1.29 is 24.2 Å². The summed E-state index contributed by atoms with van der Waals surface area (Å²) in [5.41, 5.74) is 4.61. The lowest BCUT2D eigenvalue weighted by atomic mass is 9.98. The third kappa shape index (κ3) is 4.61. The monoisotopic (exact) mass is 436 g/mol. The number of carboxylic acid groups (broad SMARTS) is 1. The molecule has 1 aliphatic carbocycles. The van der Waals surface area contributed by atoms with Crippen molar-refractivity contribution in [3.63, 3.8) is 0 Å². The van der Waals surface area contributed by atoms with Gasteiger partial charge in [0.25, 0.3) is 0 Å². The molecule has 4 rings (SSSR count). The molecule has 168 valence electrons. The van der Waals surface area contributed by atoms with Gasteiger partial charge < -0.3 is 20.1 Å². The lowest BCUT2D eigenvalue weighted by molar-refractivity contribution is -0.145. The van der Waals surface area contributed by atoms with Crippen LogP contribution >= 0.6 is 0 Å². The number of rotatable bonds is 6. The molecule has 7 nitrogen and oxygen atoms in total. The zero-order valence-electron chi connectivity index (χ0n) is 18.1. The largest absolute Gasteiger partial charge is 0.481 e. The molecular formula is C25H28N2O5. The van der Waals surface area contributed by atoms with Gasteiger partial charge in [0.05, 0.1) is 5.92 Å². The van der Waals surface area contributed by atoms with E-state index in [1.165, 1.54) is 0 Å². The number of alkyl carbamates (subject to hydrolysis) is 1. The van der Waals surface area contributed by atoms with Gasteiger partial charge in [-0.15, -0.1) is 0 Å². The summed E-state index contributed by atoms with van der Waals surface area (Å²) in [5, 5.41) is 11.9. The summed E-state index contributed by atoms with van der Waals surface area (Å²) in [6.07, 6.45) is 0.814. The van der Waals surface area contributed by atoms with E-state index in [4.69, 9.17) is 4.74 Å². The van der Waals surface area contributed by atoms with Gasteiger partial charge in [-0.3, -0.25) is 9.59 Å². The predicted octanol–water partition coefficient (Wildman–Crippen LogP) is 3.63. The number of nitrogens with zero attached hydrogens (tertiary/aromatic N) is 1. The Hall–Kier alpha value is -3.35. The molecule has 0 spiro atoms. The maximum Gasteiger partial charge on any atom is 0.407 e. The van der Waals surface area contributed by atoms with Crippen molar-refractivity contribution in [2.75, 3.05) is 19.7 Å². The Balaban J connectivity index is 1.30. The number of carboxylic acids is 1. The first-order chi connectivity index (χ1) is 15.4. The number of nitrogens with one attached hydrogen (secondary N) is 1. The van der Waals surface area contributed by atoms with E-state index in [-0.39, 0.29) is 31.4 Å². The molecule has 0 bridgehead atoms. The minimum Gasteiger partial charge on any atom is -0.481 e. The molecule has 1 aliphatic heterocycles. The zero-order valence-corrected chi connectivity index (χ0v) is 18.1. The van der Waals surface area contributed by atoms with Gasteiger partial charge in [-0.1, -0.05) is 48.5 Å². The molecule has 0 saturated carbocycles. The standard InChI is InChI=1S/C25H28N2O5/c1-16(13-23(28)27-12-6-7-17(14-27)24(29)30)26-25(31)32-15-22-20-10-4-2-8-18(20)19-9-3-5-11-21(19)22/h2-5,8-11,16-17,22H,6-7,12-15H2,1H3,(H,26,31)(H,29,30)/t16-,17-/m1/s1. The summed E-state index contributed by atoms with van der Waals surface area (Å²) in [4.78, 5) is 37.7. The van der Waals surface area contributed by atoms with Crippen LogP contribution in [0.15, 0.2) is 48.5 Å². The van der Waals surface area contributed by atoms with Crippen molar-refractivity contribution in [1.29, 1.82) is 0 Å². The summed E-state index contributed by atoms with van der Waals surface area (Å²) in [6.45, 7) is 2.75. The summed E-state index contributed by atoms with van der Waals surface area (Å²) >= 11 is 0. The summed E-state index contributed by atoms with van der Waals surface area (Å²) < 4.78 is 5.53. The van der Waals surface area contributed by atoms with Gasteiger partial charge in [0.1, 0.15) is 6.61 Å². The van der Waals surface area contributed by atoms with Crippen molar-refractivity contribution in [2.24, 2.45) is 5.92 Å². The second kappa shape index (κ2) is 9.42. The Morgan fingerprint density at radius 1 is 1.09 bits per heavy atom. The molecule has 2 aromatic carbocycles. The summed E-state index contributed by atoms with van der Waals surface area (Å²) in [5.74, 6) is -1.56. The molecule has 2 aliphatic rings. The van der Waals surface area contributed by atoms with Gasteiger partial charge in [0, 0.05) is 31.5 Å². The van der Waals surface area contributed by atoms with Gasteiger partial charge in [-0.2, -0.15) is 0 Å². The molecule has 32 heavy (non-hydrogen) atoms. The number of carbonyl (C=O) groups excluding carboxylic acids is 2. The highest BCUT2D eigenvalue weighted by molar-refractivity contribution is 5.80. The van der Waals surface area contributed by atoms with E-state index in [1.807, 2.05) is 24.3 Å². The van der Waals surface area contributed by atoms with Gasteiger partial charge in [-0.05, 0) is 42.0 Å². The third-order valence-electron chi connectivity index (χ3n) is 6.31. The molecule has 2 atom stereocenters. The lowest BCUT2D eigenvalue weighted by Crippen LogP contribution is -2.45. The molecular weight excluding hydrogens is 408 g/mol. The van der Waals surface area contributed by atoms with Gasteiger partial charge >= 0.3 is 12.1 Å². The maximum atomic E-state index is 12.5. The predicted molar refractivity (Wildman–Crippen MR) is 119 cm³/mol. The Morgan fingerprint density at radius 3 is 2.34 bits per heavy atom. The van der Waals surface area contributed by atoms with E-state index in [0.717, 1.165) is 22.3 Å². The van der Waals surface area contributed by atoms with Crippen molar-refractivity contribution in [1.82, 2.24) is 10.2 Å². The Kier molecular flexibility index (Phi) is 6.44. The van der Waals surface area contributed by atoms with Crippen molar-refractivity contribution in [2.45, 2.75) is 38.1 Å². The molecule has 1 fully saturated rings. The maximum absolute atomic E-state index is 12.5. The van der Waals surface area contributed by atoms with Crippen LogP contribution in [-0.2, 0) is 14.3 Å². The molecule has 0 radical (unpaired) electrons. The summed E-state index contributed by atoms with van der Waals surface area (Å²) in [6, 6.07) is 15.9. The van der Waals surface area contributed by atoms with Crippen LogP contribution in [0.1, 0.15) is 43.2 Å². The number of likely N-dealkylation sites (tertiary alicyclic amines) is 1. The van der Waals surface area contributed by atoms with Crippen molar-refractivity contribution >= 4 is 18.0 Å². The molecule has 1 saturated heterocycles. The van der Waals surface area contributed by atoms with Crippen LogP contribution in [0.4, 0.5) is 4.79 Å². The fourth-order valence-electron chi connectivity index (χ4n) is 4.69. The fourth-order valence-corrected chi connectivity index (χ4v) is 4.69. The first-order valence-corrected chi connectivity index (χ1v) is 11.1. The average Bonchev–Trinajstić information content (AvgIpc) is 3.11. The Labute approximate surface area is 187 Å². The molecule has 7 heteroatoms. The average molecular weight is 437 g/mol. The zero-order chi connectivity index (χ0) is 22.7. The van der Waals surface area contributed by atoms with Crippen LogP contribution in [0.3, 0.4) is 0 Å². The van der Waals surface area contributed by atoms with E-state index in [2.05, 4.69) is 29.6 Å². The number of fused-ring (bicyclic) bond motifs is 3. The Morgan fingerprint density at radius 2 is 1.72 bits per heavy atom. The van der Waals surface area contributed by atoms with Crippen LogP contribution in [0.2, 0.25) is 0 Å². The van der Waals surface area contributed by atoms with E-state index in [0.29, 0.717) is 19.4 Å². The van der Waals surface area contributed by atoms with E-state index in [9.17, 15) is 19.5 Å². The second-order valence-corrected chi connectivity index (χ2v) is 8.59. The molecule has 2 aromatic rings. The van der Waals surface area contributed by atoms with E-state index < -0.39 is 24.0 Å². The Bertz CT molecular complexity index is 975. The fraction of sp³-hybridized carbons (Fsp3) is 0.400.